The molecular formula is C16H13N3O2. The van der Waals surface area contributed by atoms with Gasteiger partial charge in [-0.15, -0.1) is 0 Å². The molecule has 0 aliphatic carbocycles. The number of nitrogens with one attached hydrogen (secondary N) is 1. The monoisotopic (exact) mass is 279 g/mol. The number of nitrogen functional groups attached to an aromatic ring is 1. The minimum atomic E-state index is -0.420. The second-order valence-corrected chi connectivity index (χ2v) is 4.60. The predicted octanol–water partition coefficient (Wildman–Crippen LogP) is 2.77. The number of hydrogen-bond acceptors (Lipinski definition) is 4. The maximum atomic E-state index is 12.3. The quantitative estimate of drug-likeness (QED) is 0.497. The van der Waals surface area contributed by atoms with Crippen LogP contribution in [0.2, 0.25) is 0 Å². The van der Waals surface area contributed by atoms with Crippen LogP contribution in [0.5, 0.6) is 5.75 Å². The van der Waals surface area contributed by atoms with Crippen LogP contribution in [0, 0.1) is 0 Å². The third-order valence-electron chi connectivity index (χ3n) is 3.24. The lowest BCUT2D eigenvalue weighted by molar-refractivity contribution is 0.102. The number of phenolic OH excluding ortho intramolecular Hbond substituents is 1. The van der Waals surface area contributed by atoms with Crippen molar-refractivity contribution in [2.75, 3.05) is 11.1 Å². The second kappa shape index (κ2) is 5.13. The molecule has 0 bridgehead atoms. The van der Waals surface area contributed by atoms with Crippen molar-refractivity contribution in [3.05, 3.63) is 60.4 Å². The molecule has 21 heavy (non-hydrogen) atoms. The van der Waals surface area contributed by atoms with E-state index >= 15 is 0 Å². The number of nitrogens with zero attached hydrogens (tertiary/aromatic N) is 1. The molecule has 0 aliphatic heterocycles. The first-order chi connectivity index (χ1) is 10.2. The van der Waals surface area contributed by atoms with Crippen LogP contribution in [0.3, 0.4) is 0 Å². The number of fused-ring (bicyclic) bond motifs is 1. The van der Waals surface area contributed by atoms with Gasteiger partial charge >= 0.3 is 0 Å². The summed E-state index contributed by atoms with van der Waals surface area (Å²) >= 11 is 0. The molecule has 1 amide bonds. The molecule has 1 heterocycles. The first kappa shape index (κ1) is 12.9. The van der Waals surface area contributed by atoms with Gasteiger partial charge in [-0.1, -0.05) is 18.2 Å². The summed E-state index contributed by atoms with van der Waals surface area (Å²) in [6, 6.07) is 12.1. The number of hydrogen-bond donors (Lipinski definition) is 3. The van der Waals surface area contributed by atoms with E-state index in [-0.39, 0.29) is 17.0 Å². The Kier molecular flexibility index (Phi) is 3.16. The van der Waals surface area contributed by atoms with E-state index < -0.39 is 5.91 Å². The number of carbonyl (C=O) groups is 1. The minimum absolute atomic E-state index is 0.135. The molecule has 4 N–H and O–H groups in total. The van der Waals surface area contributed by atoms with Gasteiger partial charge in [-0.3, -0.25) is 9.78 Å². The van der Waals surface area contributed by atoms with Gasteiger partial charge in [0.15, 0.2) is 5.75 Å². The third kappa shape index (κ3) is 2.36. The highest BCUT2D eigenvalue weighted by Crippen LogP contribution is 2.27. The van der Waals surface area contributed by atoms with E-state index in [9.17, 15) is 9.90 Å². The summed E-state index contributed by atoms with van der Waals surface area (Å²) in [6.45, 7) is 0. The van der Waals surface area contributed by atoms with Gasteiger partial charge in [0.1, 0.15) is 0 Å². The van der Waals surface area contributed by atoms with Crippen LogP contribution < -0.4 is 11.1 Å². The maximum absolute atomic E-state index is 12.3. The minimum Gasteiger partial charge on any atom is -0.505 e. The number of aromatic hydroxyl groups is 1. The average molecular weight is 279 g/mol. The molecule has 104 valence electrons. The van der Waals surface area contributed by atoms with Crippen LogP contribution in [0.15, 0.2) is 54.9 Å². The second-order valence-electron chi connectivity index (χ2n) is 4.60. The van der Waals surface area contributed by atoms with Gasteiger partial charge in [0, 0.05) is 17.8 Å². The van der Waals surface area contributed by atoms with Crippen LogP contribution in [-0.2, 0) is 0 Å². The molecule has 3 rings (SSSR count). The summed E-state index contributed by atoms with van der Waals surface area (Å²) in [5.41, 5.74) is 6.54. The van der Waals surface area contributed by atoms with E-state index in [1.54, 1.807) is 24.5 Å². The molecule has 0 fully saturated rings. The zero-order valence-electron chi connectivity index (χ0n) is 11.1. The largest absolute Gasteiger partial charge is 0.505 e. The summed E-state index contributed by atoms with van der Waals surface area (Å²) < 4.78 is 0. The van der Waals surface area contributed by atoms with Gasteiger partial charge < -0.3 is 16.2 Å². The van der Waals surface area contributed by atoms with Crippen molar-refractivity contribution in [2.24, 2.45) is 0 Å². The van der Waals surface area contributed by atoms with Crippen molar-refractivity contribution in [3.8, 4) is 5.75 Å². The summed E-state index contributed by atoms with van der Waals surface area (Å²) in [5.74, 6) is -0.635. The molecule has 0 saturated heterocycles. The summed E-state index contributed by atoms with van der Waals surface area (Å²) in [5, 5.41) is 14.4. The Labute approximate surface area is 121 Å². The molecule has 0 radical (unpaired) electrons. The van der Waals surface area contributed by atoms with Gasteiger partial charge in [0.05, 0.1) is 16.9 Å². The van der Waals surface area contributed by atoms with Gasteiger partial charge in [-0.25, -0.2) is 0 Å². The molecule has 0 atom stereocenters. The number of amides is 1. The molecule has 3 aromatic rings. The van der Waals surface area contributed by atoms with Gasteiger partial charge in [-0.2, -0.15) is 0 Å². The Morgan fingerprint density at radius 1 is 1.14 bits per heavy atom. The maximum Gasteiger partial charge on any atom is 0.259 e. The molecule has 0 spiro atoms. The molecule has 0 aliphatic rings. The van der Waals surface area contributed by atoms with Crippen molar-refractivity contribution in [2.45, 2.75) is 0 Å². The fraction of sp³-hybridized carbons (Fsp3) is 0. The van der Waals surface area contributed by atoms with Crippen LogP contribution in [0.4, 0.5) is 11.4 Å². The Bertz CT molecular complexity index is 825. The van der Waals surface area contributed by atoms with Crippen molar-refractivity contribution >= 4 is 28.1 Å². The van der Waals surface area contributed by atoms with Crippen LogP contribution in [0.1, 0.15) is 10.4 Å². The van der Waals surface area contributed by atoms with Gasteiger partial charge in [0.25, 0.3) is 5.91 Å². The molecular weight excluding hydrogens is 266 g/mol. The zero-order valence-corrected chi connectivity index (χ0v) is 11.1. The number of rotatable bonds is 2. The van der Waals surface area contributed by atoms with Crippen molar-refractivity contribution in [1.82, 2.24) is 4.98 Å². The summed E-state index contributed by atoms with van der Waals surface area (Å²) in [6.07, 6.45) is 3.38. The highest BCUT2D eigenvalue weighted by Gasteiger charge is 2.14. The number of phenols is 1. The fourth-order valence-corrected chi connectivity index (χ4v) is 2.16. The smallest absolute Gasteiger partial charge is 0.259 e. The fourth-order valence-electron chi connectivity index (χ4n) is 2.16. The number of nitrogens with two attached hydrogens (primary N) is 1. The third-order valence-corrected chi connectivity index (χ3v) is 3.24. The molecule has 1 aromatic heterocycles. The zero-order chi connectivity index (χ0) is 14.8. The van der Waals surface area contributed by atoms with Crippen molar-refractivity contribution in [1.29, 1.82) is 0 Å². The van der Waals surface area contributed by atoms with E-state index in [0.29, 0.717) is 5.69 Å². The predicted molar refractivity (Wildman–Crippen MR) is 82.2 cm³/mol. The first-order valence-corrected chi connectivity index (χ1v) is 6.38. The Hall–Kier alpha value is -3.08. The van der Waals surface area contributed by atoms with E-state index in [0.717, 1.165) is 10.8 Å². The Balaban J connectivity index is 1.99. The standard InChI is InChI=1S/C16H13N3O2/c17-13-5-2-4-11(15(13)20)16(21)19-14-6-1-3-10-7-8-18-9-12(10)14/h1-9,20H,17H2,(H,19,21). The lowest BCUT2D eigenvalue weighted by atomic mass is 10.1. The Morgan fingerprint density at radius 3 is 2.81 bits per heavy atom. The van der Waals surface area contributed by atoms with Crippen molar-refractivity contribution in [3.63, 3.8) is 0 Å². The highest BCUT2D eigenvalue weighted by atomic mass is 16.3. The molecule has 5 nitrogen and oxygen atoms in total. The number of pyridine rings is 1. The Morgan fingerprint density at radius 2 is 1.95 bits per heavy atom. The summed E-state index contributed by atoms with van der Waals surface area (Å²) in [4.78, 5) is 16.3. The SMILES string of the molecule is Nc1cccc(C(=O)Nc2cccc3ccncc23)c1O. The average Bonchev–Trinajstić information content (AvgIpc) is 2.50. The number of para-hydroxylation sites is 1. The van der Waals surface area contributed by atoms with E-state index in [1.807, 2.05) is 18.2 Å². The van der Waals surface area contributed by atoms with Gasteiger partial charge in [0.2, 0.25) is 0 Å². The molecule has 0 saturated carbocycles. The number of aromatic nitrogens is 1. The van der Waals surface area contributed by atoms with Crippen LogP contribution in [0.25, 0.3) is 10.8 Å². The summed E-state index contributed by atoms with van der Waals surface area (Å²) in [7, 11) is 0. The first-order valence-electron chi connectivity index (χ1n) is 6.38. The number of benzene rings is 2. The molecule has 2 aromatic carbocycles. The molecule has 5 heteroatoms. The number of anilines is 2. The highest BCUT2D eigenvalue weighted by molar-refractivity contribution is 6.10. The lowest BCUT2D eigenvalue weighted by Crippen LogP contribution is -2.12. The van der Waals surface area contributed by atoms with Crippen LogP contribution >= 0.6 is 0 Å². The number of carbonyl (C=O) groups excluding carboxylic acids is 1. The van der Waals surface area contributed by atoms with Crippen LogP contribution in [-0.4, -0.2) is 16.0 Å². The van der Waals surface area contributed by atoms with Gasteiger partial charge in [-0.05, 0) is 29.7 Å². The normalized spacial score (nSPS) is 10.5. The van der Waals surface area contributed by atoms with E-state index in [2.05, 4.69) is 10.3 Å². The lowest BCUT2D eigenvalue weighted by Gasteiger charge is -2.10. The van der Waals surface area contributed by atoms with E-state index in [4.69, 9.17) is 5.73 Å². The van der Waals surface area contributed by atoms with E-state index in [1.165, 1.54) is 12.1 Å². The van der Waals surface area contributed by atoms with Crippen molar-refractivity contribution < 1.29 is 9.90 Å². The molecule has 0 unspecified atom stereocenters. The topological polar surface area (TPSA) is 88.2 Å².